The second kappa shape index (κ2) is 14.2. The first-order chi connectivity index (χ1) is 23.1. The minimum Gasteiger partial charge on any atom is -0.504 e. The van der Waals surface area contributed by atoms with Gasteiger partial charge in [0.1, 0.15) is 11.1 Å². The predicted octanol–water partition coefficient (Wildman–Crippen LogP) is 3.60. The minimum atomic E-state index is -1.00. The van der Waals surface area contributed by atoms with Crippen molar-refractivity contribution in [3.63, 3.8) is 0 Å². The van der Waals surface area contributed by atoms with Gasteiger partial charge in [-0.2, -0.15) is 0 Å². The Morgan fingerprint density at radius 3 is 1.85 bits per heavy atom. The zero-order valence-corrected chi connectivity index (χ0v) is 25.4. The van der Waals surface area contributed by atoms with Crippen molar-refractivity contribution >= 4 is 40.0 Å². The van der Waals surface area contributed by atoms with E-state index in [2.05, 4.69) is 14.8 Å². The Labute approximate surface area is 269 Å². The predicted molar refractivity (Wildman–Crippen MR) is 169 cm³/mol. The molecule has 0 saturated heterocycles. The van der Waals surface area contributed by atoms with E-state index >= 15 is 0 Å². The first-order valence-corrected chi connectivity index (χ1v) is 14.1. The molecular weight excluding hydrogens is 628 g/mol. The van der Waals surface area contributed by atoms with E-state index < -0.39 is 40.7 Å². The monoisotopic (exact) mass is 654 g/mol. The minimum absolute atomic E-state index is 0.00400. The molecule has 0 aliphatic heterocycles. The molecule has 0 aliphatic rings. The van der Waals surface area contributed by atoms with Crippen LogP contribution in [0.2, 0.25) is 0 Å². The number of rotatable bonds is 7. The molecule has 48 heavy (non-hydrogen) atoms. The first-order valence-electron chi connectivity index (χ1n) is 14.1. The van der Waals surface area contributed by atoms with E-state index in [4.69, 9.17) is 13.3 Å². The molecule has 4 aromatic carbocycles. The Balaban J connectivity index is 0.000000188. The lowest BCUT2D eigenvalue weighted by atomic mass is 10.1. The average Bonchev–Trinajstić information content (AvgIpc) is 3.50. The summed E-state index contributed by atoms with van der Waals surface area (Å²) in [5.41, 5.74) is 0.441. The molecule has 6 rings (SSSR count). The third kappa shape index (κ3) is 6.77. The smallest absolute Gasteiger partial charge is 0.504 e. The molecule has 0 aliphatic carbocycles. The number of nitrogens with one attached hydrogen (secondary N) is 1. The number of amides is 1. The van der Waals surface area contributed by atoms with Gasteiger partial charge in [0, 0.05) is 6.54 Å². The van der Waals surface area contributed by atoms with Gasteiger partial charge in [-0.3, -0.25) is 9.59 Å². The Morgan fingerprint density at radius 2 is 1.23 bits per heavy atom. The normalized spacial score (nSPS) is 10.6. The molecule has 6 aromatic rings. The van der Waals surface area contributed by atoms with Gasteiger partial charge in [-0.1, -0.05) is 60.7 Å². The largest absolute Gasteiger partial charge is 0.519 e. The van der Waals surface area contributed by atoms with Crippen molar-refractivity contribution in [2.24, 2.45) is 0 Å². The van der Waals surface area contributed by atoms with Crippen molar-refractivity contribution in [2.75, 3.05) is 14.2 Å². The van der Waals surface area contributed by atoms with E-state index in [-0.39, 0.29) is 45.4 Å². The van der Waals surface area contributed by atoms with Crippen LogP contribution in [0.1, 0.15) is 42.2 Å². The summed E-state index contributed by atoms with van der Waals surface area (Å²) in [6.45, 7) is 0.347. The maximum absolute atomic E-state index is 12.5. The summed E-state index contributed by atoms with van der Waals surface area (Å²) < 4.78 is 24.9. The summed E-state index contributed by atoms with van der Waals surface area (Å²) in [7, 11) is 2.35. The van der Waals surface area contributed by atoms with Crippen molar-refractivity contribution in [3.05, 3.63) is 144 Å². The molecule has 244 valence electrons. The molecule has 14 heteroatoms. The Hall–Kier alpha value is -6.70. The summed E-state index contributed by atoms with van der Waals surface area (Å²) in [5, 5.41) is 12.8. The number of hydrogen-bond donors (Lipinski definition) is 2. The highest BCUT2D eigenvalue weighted by Gasteiger charge is 2.23. The molecule has 2 heterocycles. The van der Waals surface area contributed by atoms with Gasteiger partial charge in [-0.25, -0.2) is 23.7 Å². The number of esters is 2. The van der Waals surface area contributed by atoms with Crippen molar-refractivity contribution in [1.29, 1.82) is 0 Å². The average molecular weight is 655 g/mol. The molecule has 0 spiro atoms. The number of carbonyl (C=O) groups excluding carboxylic acids is 3. The van der Waals surface area contributed by atoms with Crippen LogP contribution in [-0.2, 0) is 22.6 Å². The number of hydrogen-bond acceptors (Lipinski definition) is 12. The molecule has 0 saturated carbocycles. The lowest BCUT2D eigenvalue weighted by molar-refractivity contribution is 0.0590. The molecule has 2 N–H and O–H groups in total. The highest BCUT2D eigenvalue weighted by Crippen LogP contribution is 2.27. The number of phenolic OH excluding ortho intramolecular Hbond substituents is 1. The third-order valence-corrected chi connectivity index (χ3v) is 7.03. The van der Waals surface area contributed by atoms with E-state index in [0.717, 1.165) is 22.8 Å². The summed E-state index contributed by atoms with van der Waals surface area (Å²) >= 11 is 0. The number of nitrogens with zero attached hydrogens (tertiary/aromatic N) is 1. The molecule has 0 bridgehead atoms. The molecule has 0 atom stereocenters. The number of phenols is 1. The number of methoxy groups -OCH3 is 2. The van der Waals surface area contributed by atoms with Crippen molar-refractivity contribution < 1.29 is 42.2 Å². The van der Waals surface area contributed by atoms with Crippen molar-refractivity contribution in [1.82, 2.24) is 9.88 Å². The van der Waals surface area contributed by atoms with Gasteiger partial charge in [0.25, 0.3) is 11.5 Å². The lowest BCUT2D eigenvalue weighted by Gasteiger charge is -2.08. The van der Waals surface area contributed by atoms with Crippen LogP contribution in [-0.4, -0.2) is 41.7 Å². The van der Waals surface area contributed by atoms with Crippen LogP contribution in [0.5, 0.6) is 5.75 Å². The number of aromatic nitrogens is 1. The van der Waals surface area contributed by atoms with Crippen LogP contribution in [0.3, 0.4) is 0 Å². The number of ether oxygens (including phenoxy) is 2. The Bertz CT molecular complexity index is 2320. The van der Waals surface area contributed by atoms with E-state index in [1.807, 2.05) is 36.4 Å². The van der Waals surface area contributed by atoms with E-state index in [1.165, 1.54) is 31.4 Å². The van der Waals surface area contributed by atoms with Crippen LogP contribution in [0.4, 0.5) is 0 Å². The summed E-state index contributed by atoms with van der Waals surface area (Å²) in [4.78, 5) is 71.7. The van der Waals surface area contributed by atoms with Crippen molar-refractivity contribution in [3.8, 4) is 5.75 Å². The zero-order chi connectivity index (χ0) is 34.4. The van der Waals surface area contributed by atoms with Crippen LogP contribution >= 0.6 is 0 Å². The number of aromatic hydroxyl groups is 1. The summed E-state index contributed by atoms with van der Waals surface area (Å²) in [6.07, 6.45) is 0. The number of fused-ring (bicyclic) bond motifs is 2. The Morgan fingerprint density at radius 1 is 0.688 bits per heavy atom. The van der Waals surface area contributed by atoms with Crippen molar-refractivity contribution in [2.45, 2.75) is 13.1 Å². The Kier molecular flexibility index (Phi) is 9.64. The van der Waals surface area contributed by atoms with Gasteiger partial charge in [0.15, 0.2) is 22.5 Å². The quantitative estimate of drug-likeness (QED) is 0.238. The molecule has 2 aromatic heterocycles. The summed E-state index contributed by atoms with van der Waals surface area (Å²) in [5.74, 6) is -4.47. The maximum atomic E-state index is 12.5. The third-order valence-electron chi connectivity index (χ3n) is 7.03. The van der Waals surface area contributed by atoms with Crippen LogP contribution in [0, 0.1) is 0 Å². The fourth-order valence-electron chi connectivity index (χ4n) is 4.67. The highest BCUT2D eigenvalue weighted by molar-refractivity contribution is 6.09. The molecule has 1 amide bonds. The highest BCUT2D eigenvalue weighted by atomic mass is 16.6. The van der Waals surface area contributed by atoms with Crippen LogP contribution < -0.4 is 22.5 Å². The van der Waals surface area contributed by atoms with Gasteiger partial charge < -0.3 is 33.1 Å². The fourth-order valence-corrected chi connectivity index (χ4v) is 4.67. The van der Waals surface area contributed by atoms with E-state index in [1.54, 1.807) is 24.3 Å². The van der Waals surface area contributed by atoms with Gasteiger partial charge >= 0.3 is 23.5 Å². The van der Waals surface area contributed by atoms with Crippen LogP contribution in [0.25, 0.3) is 22.1 Å². The first kappa shape index (κ1) is 32.7. The van der Waals surface area contributed by atoms with Gasteiger partial charge in [0.2, 0.25) is 0 Å². The second-order valence-corrected chi connectivity index (χ2v) is 10.0. The van der Waals surface area contributed by atoms with E-state index in [0.29, 0.717) is 6.54 Å². The summed E-state index contributed by atoms with van der Waals surface area (Å²) in [6, 6.07) is 23.6. The zero-order valence-electron chi connectivity index (χ0n) is 25.4. The van der Waals surface area contributed by atoms with Crippen LogP contribution in [0.15, 0.2) is 113 Å². The molecular formula is C34H26N2O12. The maximum Gasteiger partial charge on any atom is 0.519 e. The van der Waals surface area contributed by atoms with E-state index in [9.17, 15) is 33.9 Å². The topological polar surface area (TPSA) is 197 Å². The van der Waals surface area contributed by atoms with Gasteiger partial charge in [-0.05, 0) is 35.4 Å². The standard InChI is InChI=1S/2C17H13NO6/c1-23-16(21)11-7-8-12-14(13(11)19)24-17(22)18(15(12)20)9-10-5-3-2-4-6-10;1-22-16(20)12-8-7-11(13-14(12)24-17(21)23-13)15(19)18-9-10-5-3-2-4-6-10/h2-8,19H,9H2,1H3;2-8H,9H2,1H3,(H,18,19). The molecule has 14 nitrogen and oxygen atoms in total. The molecule has 0 radical (unpaired) electrons. The molecule has 0 unspecified atom stereocenters. The lowest BCUT2D eigenvalue weighted by Crippen LogP contribution is -2.33. The molecule has 0 fully saturated rings. The second-order valence-electron chi connectivity index (χ2n) is 10.0. The van der Waals surface area contributed by atoms with Gasteiger partial charge in [-0.15, -0.1) is 0 Å². The fraction of sp³-hybridized carbons (Fsp3) is 0.118. The van der Waals surface area contributed by atoms with Gasteiger partial charge in [0.05, 0.1) is 31.7 Å². The number of benzene rings is 4. The number of carbonyl (C=O) groups is 3. The SMILES string of the molecule is COC(=O)c1ccc(C(=O)NCc2ccccc2)c2oc(=O)oc12.COC(=O)c1ccc2c(=O)n(Cc3ccccc3)c(=O)oc2c1O.